The van der Waals surface area contributed by atoms with Gasteiger partial charge < -0.3 is 0 Å². The number of fused-ring (bicyclic) bond motifs is 1. The minimum Gasteiger partial charge on any atom is -0.199 e. The molecule has 0 aromatic heterocycles. The second-order valence-corrected chi connectivity index (χ2v) is 3.83. The van der Waals surface area contributed by atoms with Gasteiger partial charge in [-0.15, -0.1) is 12.1 Å². The quantitative estimate of drug-likeness (QED) is 0.416. The van der Waals surface area contributed by atoms with Gasteiger partial charge in [0, 0.05) is 0 Å². The van der Waals surface area contributed by atoms with E-state index in [-0.39, 0.29) is 29.6 Å². The molecular weight excluding hydrogens is 227 g/mol. The summed E-state index contributed by atoms with van der Waals surface area (Å²) in [6, 6.07) is 26.6. The third-order valence-corrected chi connectivity index (χ3v) is 2.50. The maximum absolute atomic E-state index is 3.72. The van der Waals surface area contributed by atoms with E-state index < -0.39 is 0 Å². The average Bonchev–Trinajstić information content (AvgIpc) is 2.41. The maximum atomic E-state index is 3.72. The van der Waals surface area contributed by atoms with Crippen LogP contribution in [-0.4, -0.2) is 0 Å². The van der Waals surface area contributed by atoms with Gasteiger partial charge in [-0.2, -0.15) is 24.6 Å². The molecule has 0 aliphatic heterocycles. The van der Waals surface area contributed by atoms with E-state index in [1.807, 2.05) is 30.3 Å². The van der Waals surface area contributed by atoms with Crippen molar-refractivity contribution in [1.29, 1.82) is 0 Å². The van der Waals surface area contributed by atoms with E-state index in [4.69, 9.17) is 0 Å². The van der Waals surface area contributed by atoms with Crippen LogP contribution >= 0.6 is 0 Å². The Balaban J connectivity index is 0.000000181. The minimum absolute atomic E-state index is 0. The molecule has 3 aromatic rings. The van der Waals surface area contributed by atoms with Gasteiger partial charge in [0.15, 0.2) is 0 Å². The molecule has 0 aliphatic carbocycles. The van der Waals surface area contributed by atoms with E-state index in [1.54, 1.807) is 0 Å². The molecule has 18 heavy (non-hydrogen) atoms. The van der Waals surface area contributed by atoms with Crippen molar-refractivity contribution in [2.45, 2.75) is 0 Å². The Morgan fingerprint density at radius 3 is 1.11 bits per heavy atom. The van der Waals surface area contributed by atoms with Gasteiger partial charge in [-0.05, 0) is 10.8 Å². The Kier molecular flexibility index (Phi) is 6.59. The van der Waals surface area contributed by atoms with Gasteiger partial charge in [0.2, 0.25) is 0 Å². The van der Waals surface area contributed by atoms with Gasteiger partial charge in [0.25, 0.3) is 0 Å². The van der Waals surface area contributed by atoms with Crippen molar-refractivity contribution in [3.8, 4) is 0 Å². The molecule has 0 spiro atoms. The fourth-order valence-electron chi connectivity index (χ4n) is 1.61. The summed E-state index contributed by atoms with van der Waals surface area (Å²) < 4.78 is 0. The third-order valence-electron chi connectivity index (χ3n) is 2.50. The summed E-state index contributed by atoms with van der Waals surface area (Å²) in [6.07, 6.45) is 0. The summed E-state index contributed by atoms with van der Waals surface area (Å²) >= 11 is 0. The van der Waals surface area contributed by atoms with Crippen molar-refractivity contribution in [2.24, 2.45) is 0 Å². The SMILES string of the molecule is [CH2-]c1ccccc1.[Na+].c1ccc2ccccc2c1. The van der Waals surface area contributed by atoms with Gasteiger partial charge in [-0.1, -0.05) is 54.6 Å². The van der Waals surface area contributed by atoms with Gasteiger partial charge in [0.05, 0.1) is 0 Å². The molecule has 3 aromatic carbocycles. The van der Waals surface area contributed by atoms with Crippen LogP contribution in [0.3, 0.4) is 0 Å². The van der Waals surface area contributed by atoms with Crippen molar-refractivity contribution in [2.75, 3.05) is 0 Å². The van der Waals surface area contributed by atoms with E-state index in [1.165, 1.54) is 10.8 Å². The van der Waals surface area contributed by atoms with Gasteiger partial charge in [-0.3, -0.25) is 0 Å². The zero-order valence-corrected chi connectivity index (χ0v) is 12.7. The van der Waals surface area contributed by atoms with Crippen LogP contribution in [0.25, 0.3) is 10.8 Å². The second-order valence-electron chi connectivity index (χ2n) is 3.83. The number of hydrogen-bond acceptors (Lipinski definition) is 0. The molecule has 0 aliphatic rings. The first kappa shape index (κ1) is 14.8. The molecule has 0 saturated carbocycles. The van der Waals surface area contributed by atoms with Crippen LogP contribution in [0.5, 0.6) is 0 Å². The average molecular weight is 242 g/mol. The predicted molar refractivity (Wildman–Crippen MR) is 74.8 cm³/mol. The molecule has 0 radical (unpaired) electrons. The molecule has 0 nitrogen and oxygen atoms in total. The zero-order valence-electron chi connectivity index (χ0n) is 10.7. The standard InChI is InChI=1S/C10H8.C7H7.Na/c1-2-6-10-8-4-3-7-9(10)5-1;1-7-5-3-2-4-6-7;/h1-8H;2-6H,1H2;/q;-1;+1. The Bertz CT molecular complexity index is 508. The van der Waals surface area contributed by atoms with Crippen LogP contribution in [-0.2, 0) is 0 Å². The first-order valence-electron chi connectivity index (χ1n) is 5.67. The molecule has 0 atom stereocenters. The fourth-order valence-corrected chi connectivity index (χ4v) is 1.61. The van der Waals surface area contributed by atoms with E-state index in [0.717, 1.165) is 5.56 Å². The Morgan fingerprint density at radius 1 is 0.500 bits per heavy atom. The van der Waals surface area contributed by atoms with Gasteiger partial charge in [-0.25, -0.2) is 0 Å². The van der Waals surface area contributed by atoms with Crippen molar-refractivity contribution in [3.05, 3.63) is 91.3 Å². The zero-order chi connectivity index (χ0) is 11.9. The summed E-state index contributed by atoms with van der Waals surface area (Å²) in [5, 5.41) is 2.62. The molecule has 0 N–H and O–H groups in total. The summed E-state index contributed by atoms with van der Waals surface area (Å²) in [5.41, 5.74) is 1.07. The van der Waals surface area contributed by atoms with E-state index in [2.05, 4.69) is 55.5 Å². The number of hydrogen-bond donors (Lipinski definition) is 0. The second kappa shape index (κ2) is 7.99. The van der Waals surface area contributed by atoms with Gasteiger partial charge >= 0.3 is 29.6 Å². The Labute approximate surface area is 131 Å². The van der Waals surface area contributed by atoms with Crippen LogP contribution in [0.4, 0.5) is 0 Å². The van der Waals surface area contributed by atoms with Crippen LogP contribution in [0.15, 0.2) is 78.9 Å². The maximum Gasteiger partial charge on any atom is 1.00 e. The molecule has 84 valence electrons. The monoisotopic (exact) mass is 242 g/mol. The van der Waals surface area contributed by atoms with E-state index >= 15 is 0 Å². The molecule has 0 heterocycles. The summed E-state index contributed by atoms with van der Waals surface area (Å²) in [6.45, 7) is 3.72. The number of benzene rings is 3. The molecule has 0 bridgehead atoms. The Morgan fingerprint density at radius 2 is 0.833 bits per heavy atom. The summed E-state index contributed by atoms with van der Waals surface area (Å²) in [5.74, 6) is 0. The van der Waals surface area contributed by atoms with E-state index in [0.29, 0.717) is 0 Å². The Hall–Kier alpha value is -1.21. The normalized spacial score (nSPS) is 8.89. The summed E-state index contributed by atoms with van der Waals surface area (Å²) in [4.78, 5) is 0. The van der Waals surface area contributed by atoms with Crippen LogP contribution in [0, 0.1) is 6.92 Å². The topological polar surface area (TPSA) is 0 Å². The van der Waals surface area contributed by atoms with Gasteiger partial charge in [0.1, 0.15) is 0 Å². The van der Waals surface area contributed by atoms with Crippen LogP contribution in [0.2, 0.25) is 0 Å². The molecule has 0 saturated heterocycles. The first-order valence-corrected chi connectivity index (χ1v) is 5.67. The molecule has 3 rings (SSSR count). The first-order chi connectivity index (χ1) is 8.36. The molecular formula is C17H15Na. The van der Waals surface area contributed by atoms with Crippen LogP contribution in [0.1, 0.15) is 5.56 Å². The smallest absolute Gasteiger partial charge is 0.199 e. The van der Waals surface area contributed by atoms with Crippen LogP contribution < -0.4 is 29.6 Å². The fraction of sp³-hybridized carbons (Fsp3) is 0. The van der Waals surface area contributed by atoms with Crippen molar-refractivity contribution < 1.29 is 29.6 Å². The molecule has 1 heteroatoms. The molecule has 0 amide bonds. The van der Waals surface area contributed by atoms with Crippen molar-refractivity contribution in [1.82, 2.24) is 0 Å². The minimum atomic E-state index is 0. The molecule has 0 unspecified atom stereocenters. The predicted octanol–water partition coefficient (Wildman–Crippen LogP) is 1.71. The largest absolute Gasteiger partial charge is 1.00 e. The van der Waals surface area contributed by atoms with Crippen molar-refractivity contribution in [3.63, 3.8) is 0 Å². The molecule has 0 fully saturated rings. The summed E-state index contributed by atoms with van der Waals surface area (Å²) in [7, 11) is 0. The third kappa shape index (κ3) is 4.58. The van der Waals surface area contributed by atoms with E-state index in [9.17, 15) is 0 Å². The number of rotatable bonds is 0. The van der Waals surface area contributed by atoms with Crippen molar-refractivity contribution >= 4 is 10.8 Å².